The molecule has 0 fully saturated rings. The van der Waals surface area contributed by atoms with Crippen molar-refractivity contribution < 1.29 is 35.9 Å². The van der Waals surface area contributed by atoms with Crippen LogP contribution < -0.4 is 19.2 Å². The number of rotatable bonds is 10. The molecule has 8 nitrogen and oxygen atoms in total. The van der Waals surface area contributed by atoms with Crippen LogP contribution in [0.3, 0.4) is 0 Å². The minimum absolute atomic E-state index is 0.276. The normalized spacial score (nSPS) is 11.8. The third kappa shape index (κ3) is 7.86. The Morgan fingerprint density at radius 2 is 1.79 bits per heavy atom. The lowest BCUT2D eigenvalue weighted by molar-refractivity contribution is -0.137. The van der Waals surface area contributed by atoms with Crippen molar-refractivity contribution in [3.63, 3.8) is 0 Å². The molecule has 202 valence electrons. The van der Waals surface area contributed by atoms with E-state index in [1.165, 1.54) is 13.3 Å². The van der Waals surface area contributed by atoms with Gasteiger partial charge in [0.2, 0.25) is 10.0 Å². The first-order chi connectivity index (χ1) is 17.9. The van der Waals surface area contributed by atoms with Gasteiger partial charge in [-0.2, -0.15) is 18.3 Å². The highest BCUT2D eigenvalue weighted by Gasteiger charge is 2.33. The van der Waals surface area contributed by atoms with E-state index in [-0.39, 0.29) is 5.02 Å². The number of nitrogens with zero attached hydrogens (tertiary/aromatic N) is 2. The summed E-state index contributed by atoms with van der Waals surface area (Å²) in [6.07, 6.45) is -2.71. The summed E-state index contributed by atoms with van der Waals surface area (Å²) in [5.74, 6) is -0.00659. The van der Waals surface area contributed by atoms with E-state index in [9.17, 15) is 26.4 Å². The largest absolute Gasteiger partial charge is 0.493 e. The van der Waals surface area contributed by atoms with Crippen LogP contribution in [-0.4, -0.2) is 40.4 Å². The van der Waals surface area contributed by atoms with E-state index < -0.39 is 39.9 Å². The Labute approximate surface area is 222 Å². The zero-order valence-electron chi connectivity index (χ0n) is 20.2. The first kappa shape index (κ1) is 28.8. The number of benzene rings is 3. The Morgan fingerprint density at radius 1 is 1.08 bits per heavy atom. The molecule has 3 aromatic rings. The van der Waals surface area contributed by atoms with Gasteiger partial charge in [-0.3, -0.25) is 9.10 Å². The fourth-order valence-electron chi connectivity index (χ4n) is 3.22. The quantitative estimate of drug-likeness (QED) is 0.278. The van der Waals surface area contributed by atoms with Gasteiger partial charge in [0, 0.05) is 0 Å². The highest BCUT2D eigenvalue weighted by Crippen LogP contribution is 2.36. The molecule has 1 amide bonds. The second-order valence-electron chi connectivity index (χ2n) is 7.91. The van der Waals surface area contributed by atoms with Crippen LogP contribution in [0.15, 0.2) is 71.8 Å². The predicted octanol–water partition coefficient (Wildman–Crippen LogP) is 4.86. The van der Waals surface area contributed by atoms with E-state index in [0.717, 1.165) is 17.9 Å². The second-order valence-corrected chi connectivity index (χ2v) is 10.2. The highest BCUT2D eigenvalue weighted by molar-refractivity contribution is 7.92. The molecule has 3 aromatic carbocycles. The number of sulfonamides is 1. The van der Waals surface area contributed by atoms with Crippen molar-refractivity contribution in [1.82, 2.24) is 5.43 Å². The summed E-state index contributed by atoms with van der Waals surface area (Å²) in [5.41, 5.74) is 2.04. The molecule has 0 aromatic heterocycles. The summed E-state index contributed by atoms with van der Waals surface area (Å²) in [6.45, 7) is -0.528. The molecule has 0 aliphatic heterocycles. The van der Waals surface area contributed by atoms with Crippen molar-refractivity contribution in [2.75, 3.05) is 24.2 Å². The maximum atomic E-state index is 13.1. The Hall–Kier alpha value is -3.77. The van der Waals surface area contributed by atoms with Crippen LogP contribution in [0.5, 0.6) is 11.5 Å². The number of hydrogen-bond acceptors (Lipinski definition) is 6. The van der Waals surface area contributed by atoms with Gasteiger partial charge in [0.25, 0.3) is 5.91 Å². The number of carbonyl (C=O) groups excluding carboxylic acids is 1. The van der Waals surface area contributed by atoms with E-state index in [1.54, 1.807) is 18.2 Å². The van der Waals surface area contributed by atoms with Crippen molar-refractivity contribution in [2.45, 2.75) is 12.8 Å². The van der Waals surface area contributed by atoms with Crippen LogP contribution in [0.1, 0.15) is 16.7 Å². The molecule has 0 aliphatic carbocycles. The van der Waals surface area contributed by atoms with E-state index in [2.05, 4.69) is 10.5 Å². The smallest absolute Gasteiger partial charge is 0.416 e. The number of hydrazone groups is 1. The van der Waals surface area contributed by atoms with Crippen molar-refractivity contribution in [1.29, 1.82) is 0 Å². The highest BCUT2D eigenvalue weighted by atomic mass is 35.5. The van der Waals surface area contributed by atoms with Gasteiger partial charge < -0.3 is 9.47 Å². The van der Waals surface area contributed by atoms with Gasteiger partial charge >= 0.3 is 6.18 Å². The van der Waals surface area contributed by atoms with Crippen molar-refractivity contribution >= 4 is 39.4 Å². The van der Waals surface area contributed by atoms with Crippen molar-refractivity contribution in [3.8, 4) is 11.5 Å². The molecule has 0 aliphatic rings. The number of amides is 1. The van der Waals surface area contributed by atoms with Crippen LogP contribution in [-0.2, 0) is 27.6 Å². The minimum Gasteiger partial charge on any atom is -0.493 e. The zero-order valence-corrected chi connectivity index (χ0v) is 21.8. The topological polar surface area (TPSA) is 97.3 Å². The molecule has 0 saturated carbocycles. The maximum absolute atomic E-state index is 13.1. The summed E-state index contributed by atoms with van der Waals surface area (Å²) in [7, 11) is -2.71. The van der Waals surface area contributed by atoms with E-state index >= 15 is 0 Å². The van der Waals surface area contributed by atoms with E-state index in [1.807, 2.05) is 30.3 Å². The molecule has 0 spiro atoms. The number of nitrogens with one attached hydrogen (secondary N) is 1. The molecule has 3 rings (SSSR count). The van der Waals surface area contributed by atoms with Crippen LogP contribution in [0.4, 0.5) is 18.9 Å². The van der Waals surface area contributed by atoms with Crippen molar-refractivity contribution in [2.24, 2.45) is 5.10 Å². The molecule has 0 atom stereocenters. The summed E-state index contributed by atoms with van der Waals surface area (Å²) >= 11 is 5.96. The predicted molar refractivity (Wildman–Crippen MR) is 138 cm³/mol. The van der Waals surface area contributed by atoms with Gasteiger partial charge in [0.15, 0.2) is 11.5 Å². The van der Waals surface area contributed by atoms with Gasteiger partial charge in [0.05, 0.1) is 35.9 Å². The van der Waals surface area contributed by atoms with Gasteiger partial charge in [-0.05, 0) is 47.5 Å². The van der Waals surface area contributed by atoms with E-state index in [0.29, 0.717) is 40.1 Å². The molecular weight excluding hydrogens is 547 g/mol. The minimum atomic E-state index is -4.74. The van der Waals surface area contributed by atoms with E-state index in [4.69, 9.17) is 21.1 Å². The lowest BCUT2D eigenvalue weighted by Gasteiger charge is -2.23. The fourth-order valence-corrected chi connectivity index (χ4v) is 4.35. The fraction of sp³-hybridized carbons (Fsp3) is 0.200. The van der Waals surface area contributed by atoms with Gasteiger partial charge in [-0.15, -0.1) is 0 Å². The number of carbonyl (C=O) groups is 1. The lowest BCUT2D eigenvalue weighted by Crippen LogP contribution is -2.39. The standard InChI is InChI=1S/C25H23ClF3N3O5S/c1-36-23-12-18(8-11-22(23)37-16-17-6-4-3-5-7-17)14-30-31-24(33)15-32(38(2,34)35)21-13-19(25(27,28)29)9-10-20(21)26/h3-14H,15-16H2,1-2H3,(H,31,33)/b30-14+. The van der Waals surface area contributed by atoms with Crippen LogP contribution in [0, 0.1) is 0 Å². The first-order valence-electron chi connectivity index (χ1n) is 10.9. The molecule has 13 heteroatoms. The number of hydrogen-bond donors (Lipinski definition) is 1. The number of ether oxygens (including phenoxy) is 2. The molecular formula is C25H23ClF3N3O5S. The Balaban J connectivity index is 1.69. The van der Waals surface area contributed by atoms with Crippen molar-refractivity contribution in [3.05, 3.63) is 88.4 Å². The monoisotopic (exact) mass is 569 g/mol. The zero-order chi connectivity index (χ0) is 27.9. The third-order valence-electron chi connectivity index (χ3n) is 5.06. The van der Waals surface area contributed by atoms with Crippen LogP contribution in [0.2, 0.25) is 5.02 Å². The summed E-state index contributed by atoms with van der Waals surface area (Å²) in [4.78, 5) is 12.4. The average Bonchev–Trinajstić information content (AvgIpc) is 2.86. The molecule has 0 unspecified atom stereocenters. The van der Waals surface area contributed by atoms with Gasteiger partial charge in [0.1, 0.15) is 13.2 Å². The Morgan fingerprint density at radius 3 is 2.42 bits per heavy atom. The average molecular weight is 570 g/mol. The molecule has 0 saturated heterocycles. The number of alkyl halides is 3. The third-order valence-corrected chi connectivity index (χ3v) is 6.50. The lowest BCUT2D eigenvalue weighted by atomic mass is 10.2. The molecule has 1 N–H and O–H groups in total. The summed E-state index contributed by atoms with van der Waals surface area (Å²) in [5, 5.41) is 3.52. The SMILES string of the molecule is COc1cc(/C=N/NC(=O)CN(c2cc(C(F)(F)F)ccc2Cl)S(C)(=O)=O)ccc1OCc1ccccc1. The Kier molecular flexibility index (Phi) is 9.23. The first-order valence-corrected chi connectivity index (χ1v) is 13.1. The number of methoxy groups -OCH3 is 1. The van der Waals surface area contributed by atoms with Gasteiger partial charge in [-0.25, -0.2) is 13.8 Å². The molecule has 38 heavy (non-hydrogen) atoms. The maximum Gasteiger partial charge on any atom is 0.416 e. The van der Waals surface area contributed by atoms with Crippen LogP contribution in [0.25, 0.3) is 0 Å². The number of anilines is 1. The Bertz CT molecular complexity index is 1420. The summed E-state index contributed by atoms with van der Waals surface area (Å²) in [6, 6.07) is 16.6. The van der Waals surface area contributed by atoms with Crippen LogP contribution >= 0.6 is 11.6 Å². The molecule has 0 radical (unpaired) electrons. The molecule has 0 heterocycles. The molecule has 0 bridgehead atoms. The number of halogens is 4. The van der Waals surface area contributed by atoms with Gasteiger partial charge in [-0.1, -0.05) is 41.9 Å². The summed E-state index contributed by atoms with van der Waals surface area (Å²) < 4.78 is 75.5. The second kappa shape index (κ2) is 12.2.